The topological polar surface area (TPSA) is 31.9 Å². The first-order chi connectivity index (χ1) is 12.3. The Morgan fingerprint density at radius 2 is 2.00 bits per heavy atom. The van der Waals surface area contributed by atoms with Crippen LogP contribution in [0.1, 0.15) is 29.5 Å². The maximum Gasteiger partial charge on any atom is 0.0650 e. The summed E-state index contributed by atoms with van der Waals surface area (Å²) in [5, 5.41) is 8.34. The molecule has 2 aromatic carbocycles. The Hall–Kier alpha value is -2.57. The van der Waals surface area contributed by atoms with Gasteiger partial charge in [0.2, 0.25) is 0 Å². The molecule has 1 fully saturated rings. The first-order valence-electron chi connectivity index (χ1n) is 9.00. The Morgan fingerprint density at radius 1 is 1.16 bits per heavy atom. The molecular formula is C22H23N3. The van der Waals surface area contributed by atoms with Crippen molar-refractivity contribution in [3.63, 3.8) is 0 Å². The number of nitrogens with one attached hydrogen (secondary N) is 1. The second-order valence-electron chi connectivity index (χ2n) is 7.08. The van der Waals surface area contributed by atoms with Gasteiger partial charge in [-0.15, -0.1) is 6.42 Å². The molecule has 1 atom stereocenters. The normalized spacial score (nSPS) is 18.3. The number of benzene rings is 2. The number of rotatable bonds is 4. The molecule has 0 amide bonds. The number of nitrogens with zero attached hydrogens (tertiary/aromatic N) is 2. The number of H-pyrrole nitrogens is 1. The molecule has 0 bridgehead atoms. The van der Waals surface area contributed by atoms with Crippen molar-refractivity contribution in [2.24, 2.45) is 5.92 Å². The van der Waals surface area contributed by atoms with Crippen LogP contribution in [-0.2, 0) is 13.0 Å². The van der Waals surface area contributed by atoms with E-state index in [1.165, 1.54) is 42.4 Å². The van der Waals surface area contributed by atoms with E-state index in [2.05, 4.69) is 51.3 Å². The second kappa shape index (κ2) is 7.13. The first kappa shape index (κ1) is 15.9. The highest BCUT2D eigenvalue weighted by molar-refractivity contribution is 5.78. The summed E-state index contributed by atoms with van der Waals surface area (Å²) in [6.07, 6.45) is 11.1. The maximum absolute atomic E-state index is 5.44. The Morgan fingerprint density at radius 3 is 2.84 bits per heavy atom. The lowest BCUT2D eigenvalue weighted by atomic mass is 9.90. The smallest absolute Gasteiger partial charge is 0.0650 e. The Bertz CT molecular complexity index is 886. The van der Waals surface area contributed by atoms with E-state index in [1.807, 2.05) is 18.3 Å². The number of fused-ring (bicyclic) bond motifs is 1. The molecule has 1 N–H and O–H groups in total. The van der Waals surface area contributed by atoms with Gasteiger partial charge in [0, 0.05) is 24.0 Å². The number of aromatic nitrogens is 2. The molecule has 0 spiro atoms. The van der Waals surface area contributed by atoms with Gasteiger partial charge in [-0.2, -0.15) is 5.10 Å². The van der Waals surface area contributed by atoms with Gasteiger partial charge in [0.25, 0.3) is 0 Å². The summed E-state index contributed by atoms with van der Waals surface area (Å²) in [5.41, 5.74) is 4.83. The number of likely N-dealkylation sites (tertiary alicyclic amines) is 1. The maximum atomic E-state index is 5.44. The number of hydrogen-bond donors (Lipinski definition) is 1. The van der Waals surface area contributed by atoms with E-state index in [0.29, 0.717) is 0 Å². The van der Waals surface area contributed by atoms with Gasteiger partial charge in [-0.1, -0.05) is 24.1 Å². The molecule has 3 heteroatoms. The van der Waals surface area contributed by atoms with Crippen LogP contribution in [0.25, 0.3) is 10.9 Å². The van der Waals surface area contributed by atoms with E-state index in [-0.39, 0.29) is 0 Å². The zero-order valence-electron chi connectivity index (χ0n) is 14.4. The number of terminal acetylenes is 1. The minimum atomic E-state index is 0.725. The first-order valence-corrected chi connectivity index (χ1v) is 9.00. The van der Waals surface area contributed by atoms with Crippen LogP contribution in [0.4, 0.5) is 0 Å². The van der Waals surface area contributed by atoms with Crippen molar-refractivity contribution in [2.75, 3.05) is 13.1 Å². The van der Waals surface area contributed by atoms with Gasteiger partial charge in [-0.3, -0.25) is 10.00 Å². The SMILES string of the molecule is C#Cc1ccc(CN2CCC[C@@H](Cc3ccc4[nH]ncc4c3)C2)cc1. The minimum Gasteiger partial charge on any atom is -0.299 e. The van der Waals surface area contributed by atoms with Crippen molar-refractivity contribution in [1.29, 1.82) is 0 Å². The average molecular weight is 329 g/mol. The van der Waals surface area contributed by atoms with Gasteiger partial charge >= 0.3 is 0 Å². The third kappa shape index (κ3) is 3.75. The van der Waals surface area contributed by atoms with Gasteiger partial charge in [0.15, 0.2) is 0 Å². The summed E-state index contributed by atoms with van der Waals surface area (Å²) in [6.45, 7) is 3.37. The van der Waals surface area contributed by atoms with E-state index < -0.39 is 0 Å². The number of piperidine rings is 1. The van der Waals surface area contributed by atoms with Crippen molar-refractivity contribution >= 4 is 10.9 Å². The summed E-state index contributed by atoms with van der Waals surface area (Å²) in [4.78, 5) is 2.58. The number of hydrogen-bond acceptors (Lipinski definition) is 2. The molecule has 2 heterocycles. The molecule has 0 aliphatic carbocycles. The quantitative estimate of drug-likeness (QED) is 0.734. The zero-order valence-corrected chi connectivity index (χ0v) is 14.4. The van der Waals surface area contributed by atoms with Gasteiger partial charge in [-0.05, 0) is 67.1 Å². The van der Waals surface area contributed by atoms with Crippen molar-refractivity contribution < 1.29 is 0 Å². The Balaban J connectivity index is 1.39. The van der Waals surface area contributed by atoms with Gasteiger partial charge in [-0.25, -0.2) is 0 Å². The van der Waals surface area contributed by atoms with Crippen molar-refractivity contribution in [3.05, 3.63) is 65.4 Å². The molecule has 1 aliphatic heterocycles. The van der Waals surface area contributed by atoms with Crippen LogP contribution in [-0.4, -0.2) is 28.2 Å². The lowest BCUT2D eigenvalue weighted by molar-refractivity contribution is 0.167. The van der Waals surface area contributed by atoms with Crippen LogP contribution in [0.2, 0.25) is 0 Å². The van der Waals surface area contributed by atoms with Gasteiger partial charge in [0.05, 0.1) is 11.7 Å². The van der Waals surface area contributed by atoms with E-state index >= 15 is 0 Å². The van der Waals surface area contributed by atoms with Crippen molar-refractivity contribution in [2.45, 2.75) is 25.8 Å². The van der Waals surface area contributed by atoms with Gasteiger partial charge < -0.3 is 0 Å². The van der Waals surface area contributed by atoms with E-state index in [9.17, 15) is 0 Å². The molecule has 1 aromatic heterocycles. The van der Waals surface area contributed by atoms with Crippen LogP contribution >= 0.6 is 0 Å². The standard InChI is InChI=1S/C22H23N3/c1-2-17-5-7-18(8-6-17)15-25-11-3-4-20(16-25)12-19-9-10-22-21(13-19)14-23-24-22/h1,5-10,13-14,20H,3-4,11-12,15-16H2,(H,23,24)/t20-/m0/s1. The molecule has 1 saturated heterocycles. The molecular weight excluding hydrogens is 306 g/mol. The molecule has 0 saturated carbocycles. The molecule has 0 unspecified atom stereocenters. The van der Waals surface area contributed by atoms with E-state index in [1.54, 1.807) is 0 Å². The second-order valence-corrected chi connectivity index (χ2v) is 7.08. The molecule has 1 aliphatic rings. The minimum absolute atomic E-state index is 0.725. The van der Waals surface area contributed by atoms with Gasteiger partial charge in [0.1, 0.15) is 0 Å². The third-order valence-corrected chi connectivity index (χ3v) is 5.16. The fourth-order valence-corrected chi connectivity index (χ4v) is 3.88. The molecule has 3 nitrogen and oxygen atoms in total. The lowest BCUT2D eigenvalue weighted by Gasteiger charge is -2.33. The zero-order chi connectivity index (χ0) is 17.1. The lowest BCUT2D eigenvalue weighted by Crippen LogP contribution is -2.35. The summed E-state index contributed by atoms with van der Waals surface area (Å²) in [6, 6.07) is 15.0. The largest absolute Gasteiger partial charge is 0.299 e. The molecule has 4 rings (SSSR count). The highest BCUT2D eigenvalue weighted by Crippen LogP contribution is 2.24. The highest BCUT2D eigenvalue weighted by atomic mass is 15.1. The molecule has 126 valence electrons. The fourth-order valence-electron chi connectivity index (χ4n) is 3.88. The summed E-state index contributed by atoms with van der Waals surface area (Å²) >= 11 is 0. The van der Waals surface area contributed by atoms with Crippen LogP contribution in [0, 0.1) is 18.3 Å². The number of aromatic amines is 1. The predicted molar refractivity (Wildman–Crippen MR) is 102 cm³/mol. The monoisotopic (exact) mass is 329 g/mol. The molecule has 0 radical (unpaired) electrons. The van der Waals surface area contributed by atoms with Crippen LogP contribution in [0.3, 0.4) is 0 Å². The average Bonchev–Trinajstić information content (AvgIpc) is 3.10. The van der Waals surface area contributed by atoms with Crippen LogP contribution in [0.5, 0.6) is 0 Å². The van der Waals surface area contributed by atoms with Crippen molar-refractivity contribution in [1.82, 2.24) is 15.1 Å². The highest BCUT2D eigenvalue weighted by Gasteiger charge is 2.20. The molecule has 3 aromatic rings. The summed E-state index contributed by atoms with van der Waals surface area (Å²) < 4.78 is 0. The summed E-state index contributed by atoms with van der Waals surface area (Å²) in [5.74, 6) is 3.41. The van der Waals surface area contributed by atoms with E-state index in [0.717, 1.165) is 30.0 Å². The third-order valence-electron chi connectivity index (χ3n) is 5.16. The van der Waals surface area contributed by atoms with Crippen molar-refractivity contribution in [3.8, 4) is 12.3 Å². The predicted octanol–water partition coefficient (Wildman–Crippen LogP) is 4.00. The summed E-state index contributed by atoms with van der Waals surface area (Å²) in [7, 11) is 0. The van der Waals surface area contributed by atoms with Crippen LogP contribution in [0.15, 0.2) is 48.7 Å². The van der Waals surface area contributed by atoms with E-state index in [4.69, 9.17) is 6.42 Å². The Labute approximate surface area is 149 Å². The fraction of sp³-hybridized carbons (Fsp3) is 0.318. The van der Waals surface area contributed by atoms with Crippen LogP contribution < -0.4 is 0 Å². The Kier molecular flexibility index (Phi) is 4.54. The molecule has 25 heavy (non-hydrogen) atoms.